The number of hydrogen-bond acceptors (Lipinski definition) is 4. The highest BCUT2D eigenvalue weighted by Crippen LogP contribution is 2.25. The van der Waals surface area contributed by atoms with Crippen LogP contribution in [0.2, 0.25) is 0 Å². The fourth-order valence-electron chi connectivity index (χ4n) is 4.70. The van der Waals surface area contributed by atoms with Crippen LogP contribution in [0, 0.1) is 5.92 Å². The molecule has 1 fully saturated rings. The number of ether oxygens (including phenoxy) is 1. The lowest BCUT2D eigenvalue weighted by Gasteiger charge is -2.32. The van der Waals surface area contributed by atoms with Crippen molar-refractivity contribution in [2.24, 2.45) is 5.92 Å². The first-order valence-electron chi connectivity index (χ1n) is 12.1. The van der Waals surface area contributed by atoms with Crippen molar-refractivity contribution in [1.29, 1.82) is 0 Å². The van der Waals surface area contributed by atoms with Crippen LogP contribution >= 0.6 is 0 Å². The van der Waals surface area contributed by atoms with E-state index in [1.165, 1.54) is 0 Å². The largest absolute Gasteiger partial charge is 0.496 e. The van der Waals surface area contributed by atoms with E-state index in [9.17, 15) is 9.59 Å². The molecule has 2 aromatic heterocycles. The molecule has 0 radical (unpaired) electrons. The van der Waals surface area contributed by atoms with Crippen LogP contribution in [0.15, 0.2) is 85.3 Å². The fourth-order valence-corrected chi connectivity index (χ4v) is 4.70. The van der Waals surface area contributed by atoms with Gasteiger partial charge in [0.2, 0.25) is 5.91 Å². The molecule has 8 heteroatoms. The van der Waals surface area contributed by atoms with Gasteiger partial charge in [0, 0.05) is 37.6 Å². The van der Waals surface area contributed by atoms with E-state index in [4.69, 9.17) is 4.74 Å². The molecule has 0 bridgehead atoms. The Morgan fingerprint density at radius 2 is 1.78 bits per heavy atom. The normalized spacial score (nSPS) is 15.5. The molecule has 3 heterocycles. The monoisotopic (exact) mass is 483 g/mol. The highest BCUT2D eigenvalue weighted by Gasteiger charge is 2.31. The van der Waals surface area contributed by atoms with Gasteiger partial charge in [-0.25, -0.2) is 4.68 Å². The number of rotatable bonds is 7. The van der Waals surface area contributed by atoms with Crippen LogP contribution in [0.3, 0.4) is 0 Å². The minimum Gasteiger partial charge on any atom is -0.496 e. The van der Waals surface area contributed by atoms with Gasteiger partial charge in [-0.15, -0.1) is 0 Å². The molecule has 1 saturated heterocycles. The summed E-state index contributed by atoms with van der Waals surface area (Å²) in [6, 6.07) is 21.2. The Labute approximate surface area is 210 Å². The van der Waals surface area contributed by atoms with Crippen molar-refractivity contribution in [3.8, 4) is 17.3 Å². The van der Waals surface area contributed by atoms with E-state index in [1.807, 2.05) is 83.7 Å². The maximum atomic E-state index is 13.7. The number of likely N-dealkylation sites (tertiary alicyclic amines) is 1. The molecule has 1 N–H and O–H groups in total. The van der Waals surface area contributed by atoms with Crippen LogP contribution in [-0.4, -0.2) is 51.3 Å². The van der Waals surface area contributed by atoms with Crippen molar-refractivity contribution < 1.29 is 14.3 Å². The minimum atomic E-state index is -0.267. The molecule has 1 unspecified atom stereocenters. The van der Waals surface area contributed by atoms with Gasteiger partial charge in [0.25, 0.3) is 5.91 Å². The average molecular weight is 484 g/mol. The lowest BCUT2D eigenvalue weighted by Crippen LogP contribution is -2.45. The number of carbonyl (C=O) groups excluding carboxylic acids is 2. The number of para-hydroxylation sites is 2. The molecule has 2 amide bonds. The summed E-state index contributed by atoms with van der Waals surface area (Å²) in [6.45, 7) is 1.36. The first-order chi connectivity index (χ1) is 17.7. The molecule has 1 atom stereocenters. The molecule has 184 valence electrons. The smallest absolute Gasteiger partial charge is 0.259 e. The van der Waals surface area contributed by atoms with E-state index in [2.05, 4.69) is 10.4 Å². The molecule has 1 aliphatic rings. The lowest BCUT2D eigenvalue weighted by atomic mass is 9.96. The standard InChI is InChI=1S/C28H29N5O3/c1-36-25-14-6-5-10-21(25)18-29-26(34)22-11-9-17-32(20-22)28(35)24-19-30-33(23-12-3-2-4-13-23)27(24)31-15-7-8-16-31/h2-8,10,12-16,19,22H,9,11,17-18,20H2,1H3,(H,29,34). The van der Waals surface area contributed by atoms with E-state index in [-0.39, 0.29) is 17.7 Å². The van der Waals surface area contributed by atoms with Crippen molar-refractivity contribution in [2.45, 2.75) is 19.4 Å². The van der Waals surface area contributed by atoms with E-state index in [1.54, 1.807) is 22.9 Å². The number of carbonyl (C=O) groups is 2. The number of amides is 2. The first kappa shape index (κ1) is 23.4. The summed E-state index contributed by atoms with van der Waals surface area (Å²) >= 11 is 0. The maximum absolute atomic E-state index is 13.7. The molecular weight excluding hydrogens is 454 g/mol. The van der Waals surface area contributed by atoms with Gasteiger partial charge in [-0.05, 0) is 43.2 Å². The van der Waals surface area contributed by atoms with Crippen LogP contribution < -0.4 is 10.1 Å². The predicted octanol–water partition coefficient (Wildman–Crippen LogP) is 3.84. The van der Waals surface area contributed by atoms with Gasteiger partial charge in [0.1, 0.15) is 11.3 Å². The summed E-state index contributed by atoms with van der Waals surface area (Å²) in [6.07, 6.45) is 6.94. The van der Waals surface area contributed by atoms with Gasteiger partial charge in [-0.1, -0.05) is 36.4 Å². The summed E-state index contributed by atoms with van der Waals surface area (Å²) in [5, 5.41) is 7.57. The molecule has 0 saturated carbocycles. The van der Waals surface area contributed by atoms with Crippen LogP contribution in [-0.2, 0) is 11.3 Å². The molecule has 8 nitrogen and oxygen atoms in total. The van der Waals surface area contributed by atoms with E-state index in [0.29, 0.717) is 31.0 Å². The average Bonchev–Trinajstić information content (AvgIpc) is 3.62. The first-order valence-corrected chi connectivity index (χ1v) is 12.1. The van der Waals surface area contributed by atoms with Crippen LogP contribution in [0.1, 0.15) is 28.8 Å². The van der Waals surface area contributed by atoms with Crippen molar-refractivity contribution >= 4 is 11.8 Å². The predicted molar refractivity (Wildman–Crippen MR) is 136 cm³/mol. The molecule has 0 spiro atoms. The topological polar surface area (TPSA) is 81.4 Å². The van der Waals surface area contributed by atoms with E-state index >= 15 is 0 Å². The van der Waals surface area contributed by atoms with Crippen molar-refractivity contribution in [3.63, 3.8) is 0 Å². The third-order valence-electron chi connectivity index (χ3n) is 6.55. The van der Waals surface area contributed by atoms with Gasteiger partial charge in [0.15, 0.2) is 5.82 Å². The van der Waals surface area contributed by atoms with E-state index in [0.717, 1.165) is 29.8 Å². The Hall–Kier alpha value is -4.33. The molecule has 5 rings (SSSR count). The molecule has 1 aliphatic heterocycles. The highest BCUT2D eigenvalue weighted by molar-refractivity contribution is 5.97. The number of benzene rings is 2. The zero-order chi connectivity index (χ0) is 24.9. The Morgan fingerprint density at radius 3 is 2.56 bits per heavy atom. The summed E-state index contributed by atoms with van der Waals surface area (Å²) < 4.78 is 9.05. The van der Waals surface area contributed by atoms with Gasteiger partial charge in [-0.3, -0.25) is 9.59 Å². The SMILES string of the molecule is COc1ccccc1CNC(=O)C1CCCN(C(=O)c2cnn(-c3ccccc3)c2-n2cccc2)C1. The van der Waals surface area contributed by atoms with Crippen LogP contribution in [0.4, 0.5) is 0 Å². The highest BCUT2D eigenvalue weighted by atomic mass is 16.5. The third-order valence-corrected chi connectivity index (χ3v) is 6.55. The lowest BCUT2D eigenvalue weighted by molar-refractivity contribution is -0.126. The summed E-state index contributed by atoms with van der Waals surface area (Å²) in [4.78, 5) is 28.5. The van der Waals surface area contributed by atoms with Gasteiger partial charge < -0.3 is 19.5 Å². The molecule has 2 aromatic carbocycles. The Kier molecular flexibility index (Phi) is 6.84. The maximum Gasteiger partial charge on any atom is 0.259 e. The van der Waals surface area contributed by atoms with Crippen LogP contribution in [0.5, 0.6) is 5.75 Å². The Bertz CT molecular complexity index is 1330. The van der Waals surface area contributed by atoms with Gasteiger partial charge >= 0.3 is 0 Å². The number of piperidine rings is 1. The van der Waals surface area contributed by atoms with E-state index < -0.39 is 0 Å². The molecule has 0 aliphatic carbocycles. The second-order valence-electron chi connectivity index (χ2n) is 8.84. The molecule has 4 aromatic rings. The van der Waals surface area contributed by atoms with Crippen molar-refractivity contribution in [3.05, 3.63) is 96.4 Å². The number of hydrogen-bond donors (Lipinski definition) is 1. The second kappa shape index (κ2) is 10.5. The van der Waals surface area contributed by atoms with Crippen molar-refractivity contribution in [1.82, 2.24) is 24.6 Å². The number of methoxy groups -OCH3 is 1. The summed E-state index contributed by atoms with van der Waals surface area (Å²) in [5.41, 5.74) is 2.29. The summed E-state index contributed by atoms with van der Waals surface area (Å²) in [7, 11) is 1.62. The van der Waals surface area contributed by atoms with Gasteiger partial charge in [0.05, 0.1) is 24.9 Å². The van der Waals surface area contributed by atoms with Gasteiger partial charge in [-0.2, -0.15) is 5.10 Å². The van der Waals surface area contributed by atoms with Crippen LogP contribution in [0.25, 0.3) is 11.5 Å². The zero-order valence-electron chi connectivity index (χ0n) is 20.2. The minimum absolute atomic E-state index is 0.0518. The molecule has 36 heavy (non-hydrogen) atoms. The number of aromatic nitrogens is 3. The third kappa shape index (κ3) is 4.75. The zero-order valence-corrected chi connectivity index (χ0v) is 20.2. The Morgan fingerprint density at radius 1 is 1.03 bits per heavy atom. The second-order valence-corrected chi connectivity index (χ2v) is 8.84. The quantitative estimate of drug-likeness (QED) is 0.433. The number of nitrogens with one attached hydrogen (secondary N) is 1. The fraction of sp³-hybridized carbons (Fsp3) is 0.250. The summed E-state index contributed by atoms with van der Waals surface area (Å²) in [5.74, 6) is 0.980. The number of nitrogens with zero attached hydrogens (tertiary/aromatic N) is 4. The Balaban J connectivity index is 1.33. The molecular formula is C28H29N5O3. The van der Waals surface area contributed by atoms with Crippen molar-refractivity contribution in [2.75, 3.05) is 20.2 Å².